The summed E-state index contributed by atoms with van der Waals surface area (Å²) in [7, 11) is 0. The molecule has 0 atom stereocenters. The fraction of sp³-hybridized carbons (Fsp3) is 0. The quantitative estimate of drug-likeness (QED) is 0.528. The molecule has 7 heteroatoms. The third-order valence-electron chi connectivity index (χ3n) is 2.90. The zero-order valence-electron chi connectivity index (χ0n) is 14.2. The SMILES string of the molecule is O=C(O)c1ccccc1C(=O)O.Oc1ccccc1.Oc1ccccc1.S. The average Bonchev–Trinajstić information content (AvgIpc) is 2.64. The number of carboxylic acid groups (broad SMARTS) is 2. The van der Waals surface area contributed by atoms with Gasteiger partial charge in [-0.1, -0.05) is 48.5 Å². The highest BCUT2D eigenvalue weighted by molar-refractivity contribution is 7.59. The van der Waals surface area contributed by atoms with E-state index in [1.54, 1.807) is 48.5 Å². The topological polar surface area (TPSA) is 115 Å². The molecule has 0 bridgehead atoms. The number of aromatic carboxylic acids is 2. The van der Waals surface area contributed by atoms with Crippen LogP contribution in [0.5, 0.6) is 11.5 Å². The van der Waals surface area contributed by atoms with E-state index in [-0.39, 0.29) is 24.6 Å². The Morgan fingerprint density at radius 2 is 0.778 bits per heavy atom. The van der Waals surface area contributed by atoms with Crippen molar-refractivity contribution >= 4 is 25.4 Å². The Bertz CT molecular complexity index is 752. The number of aromatic hydroxyl groups is 2. The van der Waals surface area contributed by atoms with Crippen LogP contribution in [0.1, 0.15) is 20.7 Å². The fourth-order valence-electron chi connectivity index (χ4n) is 1.71. The zero-order chi connectivity index (χ0) is 19.4. The molecular weight excluding hydrogens is 368 g/mol. The Labute approximate surface area is 163 Å². The minimum absolute atomic E-state index is 0. The Kier molecular flexibility index (Phi) is 11.2. The maximum atomic E-state index is 10.5. The van der Waals surface area contributed by atoms with E-state index in [9.17, 15) is 9.59 Å². The van der Waals surface area contributed by atoms with E-state index < -0.39 is 11.9 Å². The molecule has 0 aliphatic carbocycles. The van der Waals surface area contributed by atoms with Crippen molar-refractivity contribution in [3.63, 3.8) is 0 Å². The first kappa shape index (κ1) is 23.5. The molecule has 0 aliphatic heterocycles. The molecule has 0 saturated heterocycles. The maximum Gasteiger partial charge on any atom is 0.336 e. The van der Waals surface area contributed by atoms with Gasteiger partial charge in [-0.25, -0.2) is 9.59 Å². The van der Waals surface area contributed by atoms with Crippen LogP contribution in [0.2, 0.25) is 0 Å². The standard InChI is InChI=1S/C8H6O4.2C6H6O.H2S/c9-7(10)5-3-1-2-4-6(5)8(11)12;2*7-6-4-2-1-3-5-6;/h1-4H,(H,9,10)(H,11,12);2*1-5,7H;1H2. The van der Waals surface area contributed by atoms with Crippen LogP contribution in [0.25, 0.3) is 0 Å². The second kappa shape index (κ2) is 12.8. The Hall–Kier alpha value is -3.45. The van der Waals surface area contributed by atoms with Gasteiger partial charge in [0.15, 0.2) is 0 Å². The highest BCUT2D eigenvalue weighted by atomic mass is 32.1. The Morgan fingerprint density at radius 1 is 0.519 bits per heavy atom. The van der Waals surface area contributed by atoms with E-state index in [4.69, 9.17) is 20.4 Å². The maximum absolute atomic E-state index is 10.5. The molecule has 6 nitrogen and oxygen atoms in total. The number of carboxylic acids is 2. The summed E-state index contributed by atoms with van der Waals surface area (Å²) in [6.07, 6.45) is 0. The van der Waals surface area contributed by atoms with Crippen LogP contribution >= 0.6 is 13.5 Å². The molecule has 0 heterocycles. The number of carbonyl (C=O) groups is 2. The highest BCUT2D eigenvalue weighted by Gasteiger charge is 2.13. The molecule has 3 aromatic rings. The molecule has 3 rings (SSSR count). The minimum Gasteiger partial charge on any atom is -0.508 e. The summed E-state index contributed by atoms with van der Waals surface area (Å²) in [5.74, 6) is -1.81. The van der Waals surface area contributed by atoms with Gasteiger partial charge in [0.2, 0.25) is 0 Å². The molecule has 142 valence electrons. The molecule has 27 heavy (non-hydrogen) atoms. The van der Waals surface area contributed by atoms with Crippen LogP contribution in [0, 0.1) is 0 Å². The number of para-hydroxylation sites is 2. The van der Waals surface area contributed by atoms with Gasteiger partial charge in [-0.05, 0) is 36.4 Å². The molecule has 0 saturated carbocycles. The number of phenolic OH excluding ortho intramolecular Hbond substituents is 2. The van der Waals surface area contributed by atoms with Crippen LogP contribution in [0.4, 0.5) is 0 Å². The molecule has 3 aromatic carbocycles. The van der Waals surface area contributed by atoms with Gasteiger partial charge in [0.25, 0.3) is 0 Å². The highest BCUT2D eigenvalue weighted by Crippen LogP contribution is 2.08. The van der Waals surface area contributed by atoms with Gasteiger partial charge in [0, 0.05) is 0 Å². The molecule has 0 spiro atoms. The van der Waals surface area contributed by atoms with E-state index in [0.29, 0.717) is 11.5 Å². The predicted octanol–water partition coefficient (Wildman–Crippen LogP) is 3.98. The summed E-state index contributed by atoms with van der Waals surface area (Å²) >= 11 is 0. The molecule has 0 unspecified atom stereocenters. The zero-order valence-corrected chi connectivity index (χ0v) is 15.2. The minimum atomic E-state index is -1.23. The number of phenols is 2. The van der Waals surface area contributed by atoms with Crippen molar-refractivity contribution in [1.29, 1.82) is 0 Å². The second-order valence-corrected chi connectivity index (χ2v) is 4.83. The van der Waals surface area contributed by atoms with Gasteiger partial charge in [-0.3, -0.25) is 0 Å². The molecule has 0 aromatic heterocycles. The van der Waals surface area contributed by atoms with Gasteiger partial charge < -0.3 is 20.4 Å². The van der Waals surface area contributed by atoms with Crippen LogP contribution in [-0.4, -0.2) is 32.4 Å². The first-order valence-corrected chi connectivity index (χ1v) is 7.45. The number of hydrogen-bond acceptors (Lipinski definition) is 4. The van der Waals surface area contributed by atoms with Gasteiger partial charge in [0.1, 0.15) is 11.5 Å². The van der Waals surface area contributed by atoms with Crippen molar-refractivity contribution in [3.8, 4) is 11.5 Å². The monoisotopic (exact) mass is 388 g/mol. The van der Waals surface area contributed by atoms with Gasteiger partial charge >= 0.3 is 11.9 Å². The summed E-state index contributed by atoms with van der Waals surface area (Å²) in [5.41, 5.74) is -0.380. The van der Waals surface area contributed by atoms with E-state index in [1.165, 1.54) is 24.3 Å². The first-order chi connectivity index (χ1) is 12.4. The van der Waals surface area contributed by atoms with Crippen LogP contribution < -0.4 is 0 Å². The summed E-state index contributed by atoms with van der Waals surface area (Å²) in [5, 5.41) is 34.4. The summed E-state index contributed by atoms with van der Waals surface area (Å²) in [4.78, 5) is 20.9. The van der Waals surface area contributed by atoms with Crippen molar-refractivity contribution in [3.05, 3.63) is 96.1 Å². The van der Waals surface area contributed by atoms with E-state index in [1.807, 2.05) is 12.1 Å². The van der Waals surface area contributed by atoms with Crippen molar-refractivity contribution in [2.45, 2.75) is 0 Å². The number of benzene rings is 3. The Balaban J connectivity index is 0.000000390. The lowest BCUT2D eigenvalue weighted by molar-refractivity contribution is 0.0651. The molecule has 0 radical (unpaired) electrons. The molecular formula is C20H20O6S. The summed E-state index contributed by atoms with van der Waals surface area (Å²) in [6.45, 7) is 0. The third kappa shape index (κ3) is 9.57. The smallest absolute Gasteiger partial charge is 0.336 e. The van der Waals surface area contributed by atoms with Crippen molar-refractivity contribution in [2.24, 2.45) is 0 Å². The van der Waals surface area contributed by atoms with E-state index in [0.717, 1.165) is 0 Å². The predicted molar refractivity (Wildman–Crippen MR) is 107 cm³/mol. The second-order valence-electron chi connectivity index (χ2n) is 4.83. The van der Waals surface area contributed by atoms with Gasteiger partial charge in [-0.15, -0.1) is 0 Å². The van der Waals surface area contributed by atoms with Crippen molar-refractivity contribution in [2.75, 3.05) is 0 Å². The number of hydrogen-bond donors (Lipinski definition) is 4. The fourth-order valence-corrected chi connectivity index (χ4v) is 1.71. The lowest BCUT2D eigenvalue weighted by Gasteiger charge is -1.98. The lowest BCUT2D eigenvalue weighted by atomic mass is 10.1. The molecule has 4 N–H and O–H groups in total. The van der Waals surface area contributed by atoms with Crippen molar-refractivity contribution < 1.29 is 30.0 Å². The normalized spacial score (nSPS) is 8.59. The summed E-state index contributed by atoms with van der Waals surface area (Å²) < 4.78 is 0. The van der Waals surface area contributed by atoms with Gasteiger partial charge in [-0.2, -0.15) is 13.5 Å². The van der Waals surface area contributed by atoms with E-state index >= 15 is 0 Å². The van der Waals surface area contributed by atoms with Crippen molar-refractivity contribution in [1.82, 2.24) is 0 Å². The van der Waals surface area contributed by atoms with E-state index in [2.05, 4.69) is 0 Å². The average molecular weight is 388 g/mol. The Morgan fingerprint density at radius 3 is 0.963 bits per heavy atom. The third-order valence-corrected chi connectivity index (χ3v) is 2.90. The van der Waals surface area contributed by atoms with Gasteiger partial charge in [0.05, 0.1) is 11.1 Å². The van der Waals surface area contributed by atoms with Crippen LogP contribution in [0.3, 0.4) is 0 Å². The molecule has 0 amide bonds. The van der Waals surface area contributed by atoms with Crippen LogP contribution in [-0.2, 0) is 0 Å². The lowest BCUT2D eigenvalue weighted by Crippen LogP contribution is -2.06. The summed E-state index contributed by atoms with van der Waals surface area (Å²) in [6, 6.07) is 22.9. The number of rotatable bonds is 2. The first-order valence-electron chi connectivity index (χ1n) is 7.45. The molecule has 0 aliphatic rings. The largest absolute Gasteiger partial charge is 0.508 e. The van der Waals surface area contributed by atoms with Crippen LogP contribution in [0.15, 0.2) is 84.9 Å². The molecule has 0 fully saturated rings.